The first kappa shape index (κ1) is 22.4. The number of likely N-dealkylation sites (N-methyl/N-ethyl adjacent to an activating group) is 1. The highest BCUT2D eigenvalue weighted by Crippen LogP contribution is 2.57. The number of rotatable bonds is 2. The molecule has 7 N–H and O–H groups in total. The third-order valence-electron chi connectivity index (χ3n) is 7.47. The number of nitrogens with two attached hydrogens (primary N) is 1. The van der Waals surface area contributed by atoms with Gasteiger partial charge in [-0.05, 0) is 39.1 Å². The van der Waals surface area contributed by atoms with Crippen molar-refractivity contribution in [2.75, 3.05) is 14.1 Å². The molecule has 10 nitrogen and oxygen atoms in total. The molecule has 32 heavy (non-hydrogen) atoms. The van der Waals surface area contributed by atoms with Gasteiger partial charge in [0.2, 0.25) is 0 Å². The Hall–Kier alpha value is -2.79. The number of aliphatic hydroxyl groups is 4. The van der Waals surface area contributed by atoms with Gasteiger partial charge in [-0.2, -0.15) is 0 Å². The van der Waals surface area contributed by atoms with Crippen LogP contribution in [0.25, 0.3) is 0 Å². The van der Waals surface area contributed by atoms with E-state index in [0.29, 0.717) is 0 Å². The van der Waals surface area contributed by atoms with Crippen molar-refractivity contribution in [2.24, 2.45) is 23.5 Å². The van der Waals surface area contributed by atoms with Gasteiger partial charge in [0.1, 0.15) is 23.2 Å². The van der Waals surface area contributed by atoms with Gasteiger partial charge in [0, 0.05) is 11.8 Å². The molecule has 7 atom stereocenters. The molecule has 0 heterocycles. The van der Waals surface area contributed by atoms with E-state index in [9.17, 15) is 39.9 Å². The minimum atomic E-state index is -2.55. The fourth-order valence-corrected chi connectivity index (χ4v) is 5.97. The highest BCUT2D eigenvalue weighted by molar-refractivity contribution is 6.22. The van der Waals surface area contributed by atoms with E-state index in [1.165, 1.54) is 44.1 Å². The Kier molecular flexibility index (Phi) is 4.80. The summed E-state index contributed by atoms with van der Waals surface area (Å²) in [6, 6.07) is 3.08. The molecule has 1 aromatic carbocycles. The lowest BCUT2D eigenvalue weighted by molar-refractivity contribution is -0.205. The van der Waals surface area contributed by atoms with Gasteiger partial charge >= 0.3 is 0 Å². The molecule has 1 fully saturated rings. The highest BCUT2D eigenvalue weighted by Gasteiger charge is 2.68. The second kappa shape index (κ2) is 6.85. The smallest absolute Gasteiger partial charge is 0.255 e. The number of amides is 1. The Morgan fingerprint density at radius 3 is 2.31 bits per heavy atom. The molecule has 0 unspecified atom stereocenters. The second-order valence-electron chi connectivity index (χ2n) is 9.32. The maximum absolute atomic E-state index is 13.4. The van der Waals surface area contributed by atoms with Crippen LogP contribution < -0.4 is 5.73 Å². The lowest BCUT2D eigenvalue weighted by Crippen LogP contribution is -2.71. The number of fused-ring (bicyclic) bond motifs is 3. The zero-order valence-electron chi connectivity index (χ0n) is 17.8. The summed E-state index contributed by atoms with van der Waals surface area (Å²) in [7, 11) is 3.06. The number of aromatic hydroxyl groups is 1. The lowest BCUT2D eigenvalue weighted by atomic mass is 9.50. The van der Waals surface area contributed by atoms with Crippen LogP contribution >= 0.6 is 0 Å². The molecule has 4 rings (SSSR count). The summed E-state index contributed by atoms with van der Waals surface area (Å²) >= 11 is 0. The van der Waals surface area contributed by atoms with Crippen molar-refractivity contribution in [3.8, 4) is 5.75 Å². The van der Waals surface area contributed by atoms with Crippen LogP contribution in [-0.4, -0.2) is 79.7 Å². The molecule has 10 heteroatoms. The molecular weight excluding hydrogens is 420 g/mol. The average Bonchev–Trinajstić information content (AvgIpc) is 2.68. The molecule has 1 aromatic rings. The molecule has 3 aliphatic rings. The van der Waals surface area contributed by atoms with Crippen molar-refractivity contribution in [3.05, 3.63) is 40.7 Å². The van der Waals surface area contributed by atoms with Crippen LogP contribution in [0.2, 0.25) is 0 Å². The van der Waals surface area contributed by atoms with Gasteiger partial charge in [0.25, 0.3) is 5.91 Å². The number of hydrogen-bond donors (Lipinski definition) is 6. The SMILES string of the molecule is CN(C)[C@@H]1C(=O)C(C(N)=O)=C(O)[C@@]2(O)[C@H](O)[C@H]3C(=O)c4c(O)cccc4[C@@](C)(O)[C@H]3C[C@@H]12. The van der Waals surface area contributed by atoms with Crippen molar-refractivity contribution in [3.63, 3.8) is 0 Å². The van der Waals surface area contributed by atoms with Crippen molar-refractivity contribution >= 4 is 17.5 Å². The maximum Gasteiger partial charge on any atom is 0.255 e. The van der Waals surface area contributed by atoms with E-state index in [4.69, 9.17) is 5.73 Å². The predicted octanol–water partition coefficient (Wildman–Crippen LogP) is -1.05. The number of Topliss-reactive ketones (excluding diaryl/α,β-unsaturated/α-hetero) is 2. The van der Waals surface area contributed by atoms with E-state index < -0.39 is 75.7 Å². The van der Waals surface area contributed by atoms with Crippen LogP contribution in [0.3, 0.4) is 0 Å². The Balaban J connectivity index is 1.98. The number of benzene rings is 1. The summed E-state index contributed by atoms with van der Waals surface area (Å²) in [5.41, 5.74) is 0.178. The number of phenols is 1. The molecule has 3 aliphatic carbocycles. The summed E-state index contributed by atoms with van der Waals surface area (Å²) < 4.78 is 0. The maximum atomic E-state index is 13.4. The fraction of sp³-hybridized carbons (Fsp3) is 0.500. The van der Waals surface area contributed by atoms with Gasteiger partial charge in [0.05, 0.1) is 23.1 Å². The first-order valence-corrected chi connectivity index (χ1v) is 10.2. The fourth-order valence-electron chi connectivity index (χ4n) is 5.97. The quantitative estimate of drug-likeness (QED) is 0.309. The summed E-state index contributed by atoms with van der Waals surface area (Å²) in [5.74, 6) is -7.84. The van der Waals surface area contributed by atoms with Gasteiger partial charge in [-0.25, -0.2) is 0 Å². The minimum Gasteiger partial charge on any atom is -0.508 e. The monoisotopic (exact) mass is 446 g/mol. The summed E-state index contributed by atoms with van der Waals surface area (Å²) in [6.45, 7) is 1.44. The van der Waals surface area contributed by atoms with Gasteiger partial charge < -0.3 is 31.3 Å². The lowest BCUT2D eigenvalue weighted by Gasteiger charge is -2.58. The molecule has 0 saturated heterocycles. The van der Waals surface area contributed by atoms with E-state index in [1.54, 1.807) is 0 Å². The van der Waals surface area contributed by atoms with Gasteiger partial charge in [-0.1, -0.05) is 12.1 Å². The number of carbonyl (C=O) groups excluding carboxylic acids is 3. The molecule has 0 spiro atoms. The molecular formula is C22H26N2O8. The van der Waals surface area contributed by atoms with Crippen molar-refractivity contribution in [1.29, 1.82) is 0 Å². The Bertz CT molecular complexity index is 1080. The zero-order valence-corrected chi connectivity index (χ0v) is 17.8. The van der Waals surface area contributed by atoms with Crippen molar-refractivity contribution in [2.45, 2.75) is 36.7 Å². The first-order chi connectivity index (χ1) is 14.8. The number of nitrogens with zero attached hydrogens (tertiary/aromatic N) is 1. The Morgan fingerprint density at radius 2 is 1.75 bits per heavy atom. The predicted molar refractivity (Wildman–Crippen MR) is 109 cm³/mol. The molecule has 0 radical (unpaired) electrons. The average molecular weight is 446 g/mol. The summed E-state index contributed by atoms with van der Waals surface area (Å²) in [5, 5.41) is 55.4. The van der Waals surface area contributed by atoms with E-state index in [0.717, 1.165) is 0 Å². The number of phenolic OH excluding ortho intramolecular Hbond substituents is 1. The first-order valence-electron chi connectivity index (χ1n) is 10.2. The van der Waals surface area contributed by atoms with Gasteiger partial charge in [0.15, 0.2) is 17.2 Å². The molecule has 1 amide bonds. The van der Waals surface area contributed by atoms with Crippen molar-refractivity contribution in [1.82, 2.24) is 4.90 Å². The third-order valence-corrected chi connectivity index (χ3v) is 7.47. The highest BCUT2D eigenvalue weighted by atomic mass is 16.4. The zero-order chi connectivity index (χ0) is 23.9. The Morgan fingerprint density at radius 1 is 1.12 bits per heavy atom. The minimum absolute atomic E-state index is 0.142. The third kappa shape index (κ3) is 2.57. The van der Waals surface area contributed by atoms with E-state index in [2.05, 4.69) is 0 Å². The van der Waals surface area contributed by atoms with Crippen LogP contribution in [0.15, 0.2) is 29.5 Å². The number of primary amides is 1. The van der Waals surface area contributed by atoms with Crippen LogP contribution in [0.1, 0.15) is 29.3 Å². The topological polar surface area (TPSA) is 182 Å². The van der Waals surface area contributed by atoms with Gasteiger partial charge in [-0.15, -0.1) is 0 Å². The van der Waals surface area contributed by atoms with E-state index in [-0.39, 0.29) is 17.5 Å². The summed E-state index contributed by atoms with van der Waals surface area (Å²) in [6.07, 6.45) is -2.14. The van der Waals surface area contributed by atoms with Crippen LogP contribution in [0.5, 0.6) is 5.75 Å². The van der Waals surface area contributed by atoms with Crippen molar-refractivity contribution < 1.29 is 39.9 Å². The number of carbonyl (C=O) groups is 3. The van der Waals surface area contributed by atoms with Crippen LogP contribution in [-0.2, 0) is 15.2 Å². The number of hydrogen-bond acceptors (Lipinski definition) is 9. The van der Waals surface area contributed by atoms with Gasteiger partial charge in [-0.3, -0.25) is 19.3 Å². The second-order valence-corrected chi connectivity index (χ2v) is 9.32. The molecule has 0 aromatic heterocycles. The molecule has 0 aliphatic heterocycles. The normalized spacial score (nSPS) is 38.9. The van der Waals surface area contributed by atoms with Crippen LogP contribution in [0, 0.1) is 17.8 Å². The van der Waals surface area contributed by atoms with Crippen LogP contribution in [0.4, 0.5) is 0 Å². The molecule has 0 bridgehead atoms. The number of aliphatic hydroxyl groups excluding tert-OH is 2. The van der Waals surface area contributed by atoms with E-state index in [1.807, 2.05) is 0 Å². The molecule has 172 valence electrons. The number of ketones is 2. The largest absolute Gasteiger partial charge is 0.508 e. The molecule has 1 saturated carbocycles. The Labute approximate surface area is 183 Å². The standard InChI is InChI=1S/C22H26N2O8/c1-21(31)8-5-4-6-11(25)12(8)16(26)13-9(21)7-10-15(24(2)3)17(27)14(20(23)30)19(29)22(10,32)18(13)28/h4-6,9-10,13,15,18,25,28-29,31-32H,7H2,1-3H3,(H2,23,30)/t9-,10-,13+,15-,18+,21+,22-/m0/s1. The summed E-state index contributed by atoms with van der Waals surface area (Å²) in [4.78, 5) is 39.8. The van der Waals surface area contributed by atoms with E-state index >= 15 is 0 Å².